The van der Waals surface area contributed by atoms with E-state index in [1.54, 1.807) is 18.5 Å². The molecular weight excluding hydrogens is 290 g/mol. The summed E-state index contributed by atoms with van der Waals surface area (Å²) in [6, 6.07) is 13.7. The Balaban J connectivity index is 1.63. The average Bonchev–Trinajstić information content (AvgIpc) is 2.64. The zero-order valence-electron chi connectivity index (χ0n) is 12.8. The Morgan fingerprint density at radius 2 is 1.91 bits per heavy atom. The van der Waals surface area contributed by atoms with Crippen molar-refractivity contribution in [2.75, 3.05) is 31.2 Å². The van der Waals surface area contributed by atoms with Gasteiger partial charge < -0.3 is 15.4 Å². The number of morpholine rings is 1. The molecule has 0 radical (unpaired) electrons. The summed E-state index contributed by atoms with van der Waals surface area (Å²) in [7, 11) is 0. The Kier molecular flexibility index (Phi) is 4.95. The van der Waals surface area contributed by atoms with E-state index in [9.17, 15) is 0 Å². The molecule has 2 N–H and O–H groups in total. The van der Waals surface area contributed by atoms with Gasteiger partial charge in [0.25, 0.3) is 0 Å². The van der Waals surface area contributed by atoms with Crippen LogP contribution in [-0.4, -0.2) is 43.3 Å². The zero-order chi connectivity index (χ0) is 15.9. The minimum Gasteiger partial charge on any atom is -0.380 e. The molecule has 3 rings (SSSR count). The summed E-state index contributed by atoms with van der Waals surface area (Å²) in [5.41, 5.74) is 8.62. The maximum Gasteiger partial charge on any atom is 0.171 e. The van der Waals surface area contributed by atoms with Gasteiger partial charge in [-0.1, -0.05) is 18.2 Å². The number of nitrogens with two attached hydrogens (primary N) is 1. The molecule has 1 fully saturated rings. The minimum atomic E-state index is 0.298. The van der Waals surface area contributed by atoms with E-state index in [0.717, 1.165) is 31.9 Å². The Labute approximate surface area is 135 Å². The number of benzene rings is 1. The Hall–Kier alpha value is -2.73. The first-order chi connectivity index (χ1) is 11.3. The van der Waals surface area contributed by atoms with Crippen LogP contribution in [0.5, 0.6) is 0 Å². The molecule has 2 aromatic rings. The van der Waals surface area contributed by atoms with Crippen molar-refractivity contribution in [1.82, 2.24) is 4.98 Å². The number of rotatable bonds is 4. The molecule has 0 saturated carbocycles. The highest BCUT2D eigenvalue weighted by molar-refractivity contribution is 5.95. The fourth-order valence-corrected chi connectivity index (χ4v) is 2.32. The molecule has 6 heteroatoms. The van der Waals surface area contributed by atoms with Crippen LogP contribution in [0.25, 0.3) is 0 Å². The summed E-state index contributed by atoms with van der Waals surface area (Å²) in [6.45, 7) is 3.42. The number of ether oxygens (including phenoxy) is 1. The second-order valence-corrected chi connectivity index (χ2v) is 5.14. The molecule has 23 heavy (non-hydrogen) atoms. The van der Waals surface area contributed by atoms with Crippen LogP contribution in [0, 0.1) is 0 Å². The summed E-state index contributed by atoms with van der Waals surface area (Å²) in [4.78, 5) is 6.43. The van der Waals surface area contributed by atoms with Crippen molar-refractivity contribution in [2.45, 2.75) is 0 Å². The van der Waals surface area contributed by atoms with E-state index < -0.39 is 0 Å². The van der Waals surface area contributed by atoms with Crippen LogP contribution >= 0.6 is 0 Å². The lowest BCUT2D eigenvalue weighted by Crippen LogP contribution is -2.36. The molecule has 6 nitrogen and oxygen atoms in total. The number of anilines is 1. The van der Waals surface area contributed by atoms with E-state index in [4.69, 9.17) is 10.5 Å². The normalized spacial score (nSPS) is 16.0. The largest absolute Gasteiger partial charge is 0.380 e. The van der Waals surface area contributed by atoms with E-state index in [1.807, 2.05) is 24.3 Å². The van der Waals surface area contributed by atoms with Gasteiger partial charge in [-0.05, 0) is 29.8 Å². The van der Waals surface area contributed by atoms with Crippen molar-refractivity contribution >= 4 is 17.7 Å². The van der Waals surface area contributed by atoms with Crippen molar-refractivity contribution < 1.29 is 4.74 Å². The van der Waals surface area contributed by atoms with E-state index >= 15 is 0 Å². The van der Waals surface area contributed by atoms with Crippen LogP contribution in [0.4, 0.5) is 5.69 Å². The van der Waals surface area contributed by atoms with Crippen LogP contribution in [-0.2, 0) is 4.74 Å². The van der Waals surface area contributed by atoms with Crippen LogP contribution in [0.3, 0.4) is 0 Å². The first-order valence-corrected chi connectivity index (χ1v) is 7.53. The first kappa shape index (κ1) is 15.2. The second kappa shape index (κ2) is 7.51. The molecule has 1 aromatic carbocycles. The lowest BCUT2D eigenvalue weighted by Gasteiger charge is -2.28. The van der Waals surface area contributed by atoms with Gasteiger partial charge in [0.1, 0.15) is 5.69 Å². The molecule has 2 heterocycles. The molecule has 0 amide bonds. The first-order valence-electron chi connectivity index (χ1n) is 7.53. The fraction of sp³-hybridized carbons (Fsp3) is 0.235. The molecule has 118 valence electrons. The monoisotopic (exact) mass is 309 g/mol. The Morgan fingerprint density at radius 3 is 2.61 bits per heavy atom. The SMILES string of the molecule is N/C(=N/N=C/c1ccc(N2CCOCC2)cc1)c1ccccn1. The standard InChI is InChI=1S/C17H19N5O/c18-17(16-3-1-2-8-19-16)21-20-13-14-4-6-15(7-5-14)22-9-11-23-12-10-22/h1-8,13H,9-12H2,(H2,18,21)/b20-13+. The van der Waals surface area contributed by atoms with Gasteiger partial charge in [-0.2, -0.15) is 5.10 Å². The second-order valence-electron chi connectivity index (χ2n) is 5.14. The highest BCUT2D eigenvalue weighted by atomic mass is 16.5. The quantitative estimate of drug-likeness (QED) is 0.529. The third-order valence-electron chi connectivity index (χ3n) is 3.57. The van der Waals surface area contributed by atoms with Gasteiger partial charge in [-0.3, -0.25) is 4.98 Å². The van der Waals surface area contributed by atoms with Crippen molar-refractivity contribution in [3.8, 4) is 0 Å². The van der Waals surface area contributed by atoms with Crippen LogP contribution in [0.2, 0.25) is 0 Å². The summed E-state index contributed by atoms with van der Waals surface area (Å²) >= 11 is 0. The minimum absolute atomic E-state index is 0.298. The maximum absolute atomic E-state index is 5.84. The predicted molar refractivity (Wildman–Crippen MR) is 92.0 cm³/mol. The molecule has 0 aliphatic carbocycles. The third kappa shape index (κ3) is 4.14. The smallest absolute Gasteiger partial charge is 0.171 e. The van der Waals surface area contributed by atoms with Gasteiger partial charge in [-0.25, -0.2) is 0 Å². The molecule has 0 atom stereocenters. The summed E-state index contributed by atoms with van der Waals surface area (Å²) in [6.07, 6.45) is 3.35. The van der Waals surface area contributed by atoms with Crippen LogP contribution in [0.15, 0.2) is 58.9 Å². The highest BCUT2D eigenvalue weighted by Gasteiger charge is 2.10. The van der Waals surface area contributed by atoms with Gasteiger partial charge >= 0.3 is 0 Å². The molecule has 0 bridgehead atoms. The molecule has 1 aliphatic rings. The third-order valence-corrected chi connectivity index (χ3v) is 3.57. The number of amidine groups is 1. The lowest BCUT2D eigenvalue weighted by atomic mass is 10.2. The molecule has 0 spiro atoms. The van der Waals surface area contributed by atoms with Gasteiger partial charge in [0, 0.05) is 25.0 Å². The van der Waals surface area contributed by atoms with Crippen molar-refractivity contribution in [1.29, 1.82) is 0 Å². The summed E-state index contributed by atoms with van der Waals surface area (Å²) in [5, 5.41) is 8.00. The topological polar surface area (TPSA) is 76.1 Å². The fourth-order valence-electron chi connectivity index (χ4n) is 2.32. The average molecular weight is 309 g/mol. The number of nitrogens with zero attached hydrogens (tertiary/aromatic N) is 4. The van der Waals surface area contributed by atoms with Gasteiger partial charge in [0.05, 0.1) is 19.4 Å². The van der Waals surface area contributed by atoms with E-state index in [1.165, 1.54) is 5.69 Å². The molecule has 0 unspecified atom stereocenters. The van der Waals surface area contributed by atoms with Gasteiger partial charge in [0.15, 0.2) is 5.84 Å². The Morgan fingerprint density at radius 1 is 1.13 bits per heavy atom. The molecule has 1 aliphatic heterocycles. The van der Waals surface area contributed by atoms with Crippen LogP contribution in [0.1, 0.15) is 11.3 Å². The van der Waals surface area contributed by atoms with Gasteiger partial charge in [-0.15, -0.1) is 5.10 Å². The maximum atomic E-state index is 5.84. The molecule has 1 aromatic heterocycles. The van der Waals surface area contributed by atoms with Crippen molar-refractivity contribution in [3.05, 3.63) is 59.9 Å². The number of hydrogen-bond donors (Lipinski definition) is 1. The van der Waals surface area contributed by atoms with Crippen molar-refractivity contribution in [2.24, 2.45) is 15.9 Å². The van der Waals surface area contributed by atoms with E-state index in [2.05, 4.69) is 32.2 Å². The predicted octanol–water partition coefficient (Wildman–Crippen LogP) is 1.66. The van der Waals surface area contributed by atoms with E-state index in [-0.39, 0.29) is 0 Å². The van der Waals surface area contributed by atoms with Crippen molar-refractivity contribution in [3.63, 3.8) is 0 Å². The zero-order valence-corrected chi connectivity index (χ0v) is 12.8. The number of pyridine rings is 1. The van der Waals surface area contributed by atoms with Crippen LogP contribution < -0.4 is 10.6 Å². The molecule has 1 saturated heterocycles. The number of hydrogen-bond acceptors (Lipinski definition) is 5. The summed E-state index contributed by atoms with van der Waals surface area (Å²) < 4.78 is 5.36. The Bertz CT molecular complexity index is 676. The molecular formula is C17H19N5O. The summed E-state index contributed by atoms with van der Waals surface area (Å²) in [5.74, 6) is 0.298. The van der Waals surface area contributed by atoms with Gasteiger partial charge in [0.2, 0.25) is 0 Å². The lowest BCUT2D eigenvalue weighted by molar-refractivity contribution is 0.122. The van der Waals surface area contributed by atoms with E-state index in [0.29, 0.717) is 11.5 Å². The highest BCUT2D eigenvalue weighted by Crippen LogP contribution is 2.15. The number of aromatic nitrogens is 1.